The summed E-state index contributed by atoms with van der Waals surface area (Å²) < 4.78 is 0. The Morgan fingerprint density at radius 2 is 1.60 bits per heavy atom. The van der Waals surface area contributed by atoms with Crippen molar-refractivity contribution in [1.82, 2.24) is 4.90 Å². The van der Waals surface area contributed by atoms with Gasteiger partial charge in [-0.3, -0.25) is 9.59 Å². The number of hydrogen-bond donors (Lipinski definition) is 1. The first kappa shape index (κ1) is 17.5. The molecule has 4 nitrogen and oxygen atoms in total. The van der Waals surface area contributed by atoms with Crippen molar-refractivity contribution in [1.29, 1.82) is 0 Å². The van der Waals surface area contributed by atoms with E-state index < -0.39 is 0 Å². The van der Waals surface area contributed by atoms with E-state index in [1.54, 1.807) is 24.3 Å². The van der Waals surface area contributed by atoms with E-state index in [1.807, 2.05) is 29.2 Å². The summed E-state index contributed by atoms with van der Waals surface area (Å²) in [7, 11) is 0. The first-order valence-electron chi connectivity index (χ1n) is 8.55. The zero-order valence-corrected chi connectivity index (χ0v) is 14.8. The van der Waals surface area contributed by atoms with Crippen molar-refractivity contribution in [2.24, 2.45) is 0 Å². The third kappa shape index (κ3) is 4.83. The van der Waals surface area contributed by atoms with Gasteiger partial charge in [-0.1, -0.05) is 23.7 Å². The maximum Gasteiger partial charge on any atom is 0.253 e. The Morgan fingerprint density at radius 3 is 2.24 bits per heavy atom. The maximum atomic E-state index is 12.3. The average Bonchev–Trinajstić information content (AvgIpc) is 3.16. The molecule has 0 aromatic heterocycles. The zero-order valence-electron chi connectivity index (χ0n) is 14.0. The molecular weight excluding hydrogens is 336 g/mol. The van der Waals surface area contributed by atoms with Gasteiger partial charge in [0.2, 0.25) is 5.91 Å². The first-order valence-corrected chi connectivity index (χ1v) is 8.93. The van der Waals surface area contributed by atoms with Gasteiger partial charge in [0.25, 0.3) is 5.91 Å². The number of amides is 2. The Hall–Kier alpha value is -2.33. The summed E-state index contributed by atoms with van der Waals surface area (Å²) in [6.07, 6.45) is 3.21. The fourth-order valence-electron chi connectivity index (χ4n) is 2.93. The summed E-state index contributed by atoms with van der Waals surface area (Å²) in [4.78, 5) is 26.2. The van der Waals surface area contributed by atoms with Gasteiger partial charge >= 0.3 is 0 Å². The second kappa shape index (κ2) is 8.17. The van der Waals surface area contributed by atoms with E-state index >= 15 is 0 Å². The molecule has 0 spiro atoms. The van der Waals surface area contributed by atoms with Gasteiger partial charge in [0, 0.05) is 35.8 Å². The van der Waals surface area contributed by atoms with Crippen molar-refractivity contribution in [3.05, 3.63) is 64.7 Å². The minimum Gasteiger partial charge on any atom is -0.339 e. The second-order valence-corrected chi connectivity index (χ2v) is 6.69. The maximum absolute atomic E-state index is 12.3. The van der Waals surface area contributed by atoms with Crippen LogP contribution in [-0.2, 0) is 11.2 Å². The van der Waals surface area contributed by atoms with Crippen molar-refractivity contribution in [2.45, 2.75) is 25.7 Å². The molecule has 1 aliphatic heterocycles. The van der Waals surface area contributed by atoms with Crippen LogP contribution in [0.4, 0.5) is 5.69 Å². The van der Waals surface area contributed by atoms with Crippen LogP contribution in [0.25, 0.3) is 0 Å². The van der Waals surface area contributed by atoms with E-state index in [-0.39, 0.29) is 11.8 Å². The predicted octanol–water partition coefficient (Wildman–Crippen LogP) is 4.15. The third-order valence-electron chi connectivity index (χ3n) is 4.36. The highest BCUT2D eigenvalue weighted by Crippen LogP contribution is 2.16. The molecule has 0 radical (unpaired) electrons. The number of carbonyl (C=O) groups excluding carboxylic acids is 2. The van der Waals surface area contributed by atoms with E-state index in [4.69, 9.17) is 11.6 Å². The molecule has 1 aliphatic rings. The largest absolute Gasteiger partial charge is 0.339 e. The lowest BCUT2D eigenvalue weighted by atomic mass is 10.1. The Kier molecular flexibility index (Phi) is 5.71. The molecule has 1 heterocycles. The fourth-order valence-corrected chi connectivity index (χ4v) is 3.06. The number of benzene rings is 2. The van der Waals surface area contributed by atoms with Crippen molar-refractivity contribution >= 4 is 29.1 Å². The summed E-state index contributed by atoms with van der Waals surface area (Å²) in [6, 6.07) is 14.6. The van der Waals surface area contributed by atoms with Gasteiger partial charge in [-0.2, -0.15) is 0 Å². The number of likely N-dealkylation sites (tertiary alicyclic amines) is 1. The van der Waals surface area contributed by atoms with Gasteiger partial charge in [-0.25, -0.2) is 0 Å². The van der Waals surface area contributed by atoms with Crippen LogP contribution < -0.4 is 5.32 Å². The number of halogens is 1. The van der Waals surface area contributed by atoms with E-state index in [1.165, 1.54) is 0 Å². The third-order valence-corrected chi connectivity index (χ3v) is 4.61. The van der Waals surface area contributed by atoms with Crippen molar-refractivity contribution in [2.75, 3.05) is 18.4 Å². The number of carbonyl (C=O) groups is 2. The van der Waals surface area contributed by atoms with Crippen LogP contribution in [0.3, 0.4) is 0 Å². The minimum atomic E-state index is -0.0476. The van der Waals surface area contributed by atoms with Crippen LogP contribution in [-0.4, -0.2) is 29.8 Å². The average molecular weight is 357 g/mol. The molecule has 2 aromatic carbocycles. The molecule has 130 valence electrons. The molecule has 0 atom stereocenters. The highest BCUT2D eigenvalue weighted by molar-refractivity contribution is 6.30. The topological polar surface area (TPSA) is 49.4 Å². The monoisotopic (exact) mass is 356 g/mol. The van der Waals surface area contributed by atoms with Crippen LogP contribution in [0.5, 0.6) is 0 Å². The summed E-state index contributed by atoms with van der Waals surface area (Å²) in [5.41, 5.74) is 2.45. The lowest BCUT2D eigenvalue weighted by molar-refractivity contribution is -0.116. The van der Waals surface area contributed by atoms with Crippen LogP contribution in [0.1, 0.15) is 35.2 Å². The summed E-state index contributed by atoms with van der Waals surface area (Å²) >= 11 is 5.85. The lowest BCUT2D eigenvalue weighted by Gasteiger charge is -2.15. The SMILES string of the molecule is O=C(CCc1ccc(Cl)cc1)Nc1ccc(C(=O)N2CCCC2)cc1. The Morgan fingerprint density at radius 1 is 0.960 bits per heavy atom. The van der Waals surface area contributed by atoms with E-state index in [9.17, 15) is 9.59 Å². The number of anilines is 1. The van der Waals surface area contributed by atoms with E-state index in [2.05, 4.69) is 5.32 Å². The normalized spacial score (nSPS) is 13.7. The van der Waals surface area contributed by atoms with Crippen molar-refractivity contribution in [3.63, 3.8) is 0 Å². The molecule has 5 heteroatoms. The molecule has 25 heavy (non-hydrogen) atoms. The zero-order chi connectivity index (χ0) is 17.6. The standard InChI is InChI=1S/C20H21ClN2O2/c21-17-8-3-15(4-9-17)5-12-19(24)22-18-10-6-16(7-11-18)20(25)23-13-1-2-14-23/h3-4,6-11H,1-2,5,12-14H2,(H,22,24). The van der Waals surface area contributed by atoms with Crippen LogP contribution in [0.15, 0.2) is 48.5 Å². The quantitative estimate of drug-likeness (QED) is 0.875. The van der Waals surface area contributed by atoms with Crippen LogP contribution in [0.2, 0.25) is 5.02 Å². The van der Waals surface area contributed by atoms with Crippen LogP contribution >= 0.6 is 11.6 Å². The molecule has 0 bridgehead atoms. The Bertz CT molecular complexity index is 735. The smallest absolute Gasteiger partial charge is 0.253 e. The number of nitrogens with one attached hydrogen (secondary N) is 1. The predicted molar refractivity (Wildman–Crippen MR) is 100.0 cm³/mol. The molecule has 0 saturated carbocycles. The Labute approximate surface area is 152 Å². The summed E-state index contributed by atoms with van der Waals surface area (Å²) in [5.74, 6) is 0.0201. The molecule has 1 fully saturated rings. The van der Waals surface area contributed by atoms with Crippen molar-refractivity contribution < 1.29 is 9.59 Å². The minimum absolute atomic E-state index is 0.0476. The van der Waals surface area contributed by atoms with Gasteiger partial charge in [0.05, 0.1) is 0 Å². The fraction of sp³-hybridized carbons (Fsp3) is 0.300. The van der Waals surface area contributed by atoms with E-state index in [0.717, 1.165) is 31.5 Å². The molecule has 0 unspecified atom stereocenters. The number of hydrogen-bond acceptors (Lipinski definition) is 2. The highest BCUT2D eigenvalue weighted by atomic mass is 35.5. The van der Waals surface area contributed by atoms with Gasteiger partial charge in [-0.05, 0) is 61.2 Å². The second-order valence-electron chi connectivity index (χ2n) is 6.25. The highest BCUT2D eigenvalue weighted by Gasteiger charge is 2.19. The molecular formula is C20H21ClN2O2. The summed E-state index contributed by atoms with van der Waals surface area (Å²) in [6.45, 7) is 1.67. The van der Waals surface area contributed by atoms with Gasteiger partial charge in [0.1, 0.15) is 0 Å². The molecule has 0 aliphatic carbocycles. The van der Waals surface area contributed by atoms with Crippen molar-refractivity contribution in [3.8, 4) is 0 Å². The van der Waals surface area contributed by atoms with Gasteiger partial charge in [0.15, 0.2) is 0 Å². The molecule has 3 rings (SSSR count). The molecule has 2 aromatic rings. The van der Waals surface area contributed by atoms with E-state index in [0.29, 0.717) is 29.1 Å². The number of nitrogens with zero attached hydrogens (tertiary/aromatic N) is 1. The van der Waals surface area contributed by atoms with Gasteiger partial charge in [-0.15, -0.1) is 0 Å². The molecule has 1 N–H and O–H groups in total. The molecule has 2 amide bonds. The molecule has 1 saturated heterocycles. The first-order chi connectivity index (χ1) is 12.1. The Balaban J connectivity index is 1.51. The number of aryl methyl sites for hydroxylation is 1. The lowest BCUT2D eigenvalue weighted by Crippen LogP contribution is -2.27. The number of rotatable bonds is 5. The van der Waals surface area contributed by atoms with Gasteiger partial charge < -0.3 is 10.2 Å². The van der Waals surface area contributed by atoms with Crippen LogP contribution in [0, 0.1) is 0 Å². The summed E-state index contributed by atoms with van der Waals surface area (Å²) in [5, 5.41) is 3.56.